The number of benzene rings is 2. The Morgan fingerprint density at radius 2 is 1.87 bits per heavy atom. The smallest absolute Gasteiger partial charge is 0.269 e. The van der Waals surface area contributed by atoms with E-state index in [1.54, 1.807) is 25.3 Å². The SMILES string of the molecule is COc1ccccc1CCC(=O)NNC(=O)c1cccc(Cl)c1. The average Bonchev–Trinajstić information content (AvgIpc) is 2.58. The molecule has 0 saturated carbocycles. The lowest BCUT2D eigenvalue weighted by molar-refractivity contribution is -0.121. The molecule has 5 nitrogen and oxygen atoms in total. The van der Waals surface area contributed by atoms with E-state index < -0.39 is 5.91 Å². The maximum atomic E-state index is 11.9. The molecule has 2 aromatic carbocycles. The predicted octanol–water partition coefficient (Wildman–Crippen LogP) is 2.74. The number of ether oxygens (including phenoxy) is 1. The zero-order chi connectivity index (χ0) is 16.7. The van der Waals surface area contributed by atoms with Crippen molar-refractivity contribution in [1.82, 2.24) is 10.9 Å². The third-order valence-electron chi connectivity index (χ3n) is 3.22. The zero-order valence-electron chi connectivity index (χ0n) is 12.6. The van der Waals surface area contributed by atoms with Crippen LogP contribution in [0.2, 0.25) is 5.02 Å². The molecule has 0 unspecified atom stereocenters. The number of para-hydroxylation sites is 1. The van der Waals surface area contributed by atoms with E-state index in [2.05, 4.69) is 10.9 Å². The van der Waals surface area contributed by atoms with Gasteiger partial charge in [-0.15, -0.1) is 0 Å². The summed E-state index contributed by atoms with van der Waals surface area (Å²) in [6, 6.07) is 14.0. The van der Waals surface area contributed by atoms with E-state index in [4.69, 9.17) is 16.3 Å². The molecule has 2 amide bonds. The monoisotopic (exact) mass is 332 g/mol. The molecule has 0 aromatic heterocycles. The third kappa shape index (κ3) is 5.00. The number of rotatable bonds is 5. The Morgan fingerprint density at radius 3 is 2.61 bits per heavy atom. The zero-order valence-corrected chi connectivity index (χ0v) is 13.4. The Labute approximate surface area is 139 Å². The van der Waals surface area contributed by atoms with E-state index in [1.807, 2.05) is 24.3 Å². The lowest BCUT2D eigenvalue weighted by Crippen LogP contribution is -2.41. The van der Waals surface area contributed by atoms with Gasteiger partial charge in [-0.25, -0.2) is 0 Å². The molecular formula is C17H17ClN2O3. The van der Waals surface area contributed by atoms with Gasteiger partial charge in [0.1, 0.15) is 5.75 Å². The van der Waals surface area contributed by atoms with E-state index in [0.717, 1.165) is 11.3 Å². The van der Waals surface area contributed by atoms with Crippen molar-refractivity contribution in [2.45, 2.75) is 12.8 Å². The molecule has 120 valence electrons. The van der Waals surface area contributed by atoms with Crippen LogP contribution in [0.1, 0.15) is 22.3 Å². The quantitative estimate of drug-likeness (QED) is 0.827. The Morgan fingerprint density at radius 1 is 1.09 bits per heavy atom. The highest BCUT2D eigenvalue weighted by Gasteiger charge is 2.09. The summed E-state index contributed by atoms with van der Waals surface area (Å²) in [4.78, 5) is 23.7. The van der Waals surface area contributed by atoms with Crippen LogP contribution >= 0.6 is 11.6 Å². The summed E-state index contributed by atoms with van der Waals surface area (Å²) < 4.78 is 5.23. The number of amides is 2. The first-order valence-electron chi connectivity index (χ1n) is 7.07. The van der Waals surface area contributed by atoms with Crippen molar-refractivity contribution < 1.29 is 14.3 Å². The van der Waals surface area contributed by atoms with Gasteiger partial charge in [-0.2, -0.15) is 0 Å². The molecule has 0 radical (unpaired) electrons. The van der Waals surface area contributed by atoms with Crippen LogP contribution in [-0.4, -0.2) is 18.9 Å². The van der Waals surface area contributed by atoms with Crippen LogP contribution in [-0.2, 0) is 11.2 Å². The van der Waals surface area contributed by atoms with E-state index in [9.17, 15) is 9.59 Å². The molecule has 0 atom stereocenters. The normalized spacial score (nSPS) is 10.0. The second-order valence-corrected chi connectivity index (χ2v) is 5.26. The van der Waals surface area contributed by atoms with Crippen LogP contribution in [0.3, 0.4) is 0 Å². The Bertz CT molecular complexity index is 704. The average molecular weight is 333 g/mol. The number of halogens is 1. The molecule has 0 fully saturated rings. The molecule has 2 N–H and O–H groups in total. The summed E-state index contributed by atoms with van der Waals surface area (Å²) in [7, 11) is 1.59. The maximum Gasteiger partial charge on any atom is 0.269 e. The fourth-order valence-electron chi connectivity index (χ4n) is 2.05. The molecule has 0 bridgehead atoms. The van der Waals surface area contributed by atoms with Gasteiger partial charge in [0.15, 0.2) is 0 Å². The number of aryl methyl sites for hydroxylation is 1. The largest absolute Gasteiger partial charge is 0.496 e. The lowest BCUT2D eigenvalue weighted by Gasteiger charge is -2.09. The number of hydrazine groups is 1. The number of carbonyl (C=O) groups excluding carboxylic acids is 2. The minimum Gasteiger partial charge on any atom is -0.496 e. The fraction of sp³-hybridized carbons (Fsp3) is 0.176. The van der Waals surface area contributed by atoms with Crippen LogP contribution in [0.5, 0.6) is 5.75 Å². The minimum absolute atomic E-state index is 0.232. The second-order valence-electron chi connectivity index (χ2n) is 4.82. The maximum absolute atomic E-state index is 11.9. The number of nitrogens with one attached hydrogen (secondary N) is 2. The molecule has 0 heterocycles. The molecular weight excluding hydrogens is 316 g/mol. The van der Waals surface area contributed by atoms with E-state index >= 15 is 0 Å². The summed E-state index contributed by atoms with van der Waals surface area (Å²) in [6.45, 7) is 0. The lowest BCUT2D eigenvalue weighted by atomic mass is 10.1. The number of hydrogen-bond acceptors (Lipinski definition) is 3. The van der Waals surface area contributed by atoms with Crippen molar-refractivity contribution in [1.29, 1.82) is 0 Å². The van der Waals surface area contributed by atoms with Crippen LogP contribution in [0.15, 0.2) is 48.5 Å². The first kappa shape index (κ1) is 16.8. The van der Waals surface area contributed by atoms with Crippen molar-refractivity contribution >= 4 is 23.4 Å². The Kier molecular flexibility index (Phi) is 6.00. The molecule has 0 saturated heterocycles. The molecule has 23 heavy (non-hydrogen) atoms. The Balaban J connectivity index is 1.82. The third-order valence-corrected chi connectivity index (χ3v) is 3.45. The van der Waals surface area contributed by atoms with Crippen molar-refractivity contribution in [3.63, 3.8) is 0 Å². The van der Waals surface area contributed by atoms with Gasteiger partial charge in [-0.05, 0) is 36.2 Å². The number of carbonyl (C=O) groups is 2. The van der Waals surface area contributed by atoms with E-state index in [1.165, 1.54) is 6.07 Å². The van der Waals surface area contributed by atoms with Crippen LogP contribution < -0.4 is 15.6 Å². The summed E-state index contributed by atoms with van der Waals surface area (Å²) in [6.07, 6.45) is 0.749. The van der Waals surface area contributed by atoms with Gasteiger partial charge in [0, 0.05) is 17.0 Å². The van der Waals surface area contributed by atoms with Gasteiger partial charge in [0.2, 0.25) is 5.91 Å². The first-order chi connectivity index (χ1) is 11.1. The van der Waals surface area contributed by atoms with Gasteiger partial charge in [0.05, 0.1) is 7.11 Å². The molecule has 0 aliphatic heterocycles. The van der Waals surface area contributed by atoms with Crippen molar-refractivity contribution in [3.8, 4) is 5.75 Å². The van der Waals surface area contributed by atoms with Gasteiger partial charge in [-0.3, -0.25) is 20.4 Å². The van der Waals surface area contributed by atoms with Gasteiger partial charge in [-0.1, -0.05) is 35.9 Å². The molecule has 0 aliphatic carbocycles. The highest BCUT2D eigenvalue weighted by atomic mass is 35.5. The summed E-state index contributed by atoms with van der Waals surface area (Å²) in [5.41, 5.74) is 6.06. The first-order valence-corrected chi connectivity index (χ1v) is 7.44. The summed E-state index contributed by atoms with van der Waals surface area (Å²) in [5, 5.41) is 0.458. The van der Waals surface area contributed by atoms with Crippen molar-refractivity contribution in [2.75, 3.05) is 7.11 Å². The number of hydrogen-bond donors (Lipinski definition) is 2. The van der Waals surface area contributed by atoms with Gasteiger partial charge in [0.25, 0.3) is 5.91 Å². The highest BCUT2D eigenvalue weighted by Crippen LogP contribution is 2.18. The molecule has 0 spiro atoms. The predicted molar refractivity (Wildman–Crippen MR) is 88.4 cm³/mol. The van der Waals surface area contributed by atoms with E-state index in [0.29, 0.717) is 17.0 Å². The number of methoxy groups -OCH3 is 1. The summed E-state index contributed by atoms with van der Waals surface area (Å²) in [5.74, 6) is 0.0349. The van der Waals surface area contributed by atoms with Crippen LogP contribution in [0.4, 0.5) is 0 Å². The van der Waals surface area contributed by atoms with Crippen LogP contribution in [0, 0.1) is 0 Å². The summed E-state index contributed by atoms with van der Waals surface area (Å²) >= 11 is 5.82. The molecule has 2 aromatic rings. The van der Waals surface area contributed by atoms with Crippen molar-refractivity contribution in [2.24, 2.45) is 0 Å². The van der Waals surface area contributed by atoms with E-state index in [-0.39, 0.29) is 12.3 Å². The fourth-order valence-corrected chi connectivity index (χ4v) is 2.24. The standard InChI is InChI=1S/C17H17ClN2O3/c1-23-15-8-3-2-5-12(15)9-10-16(21)19-20-17(22)13-6-4-7-14(18)11-13/h2-8,11H,9-10H2,1H3,(H,19,21)(H,20,22). The molecule has 2 rings (SSSR count). The van der Waals surface area contributed by atoms with Gasteiger partial charge >= 0.3 is 0 Å². The molecule has 0 aliphatic rings. The van der Waals surface area contributed by atoms with Crippen molar-refractivity contribution in [3.05, 3.63) is 64.7 Å². The topological polar surface area (TPSA) is 67.4 Å². The second kappa shape index (κ2) is 8.19. The van der Waals surface area contributed by atoms with Gasteiger partial charge < -0.3 is 4.74 Å². The highest BCUT2D eigenvalue weighted by molar-refractivity contribution is 6.30. The Hall–Kier alpha value is -2.53. The van der Waals surface area contributed by atoms with Crippen LogP contribution in [0.25, 0.3) is 0 Å². The minimum atomic E-state index is -0.418. The molecule has 6 heteroatoms.